The van der Waals surface area contributed by atoms with E-state index in [2.05, 4.69) is 6.92 Å². The number of amidine groups is 1. The summed E-state index contributed by atoms with van der Waals surface area (Å²) < 4.78 is 0. The van der Waals surface area contributed by atoms with E-state index in [-0.39, 0.29) is 11.9 Å². The molecule has 5 heteroatoms. The number of carbonyl (C=O) groups is 1. The third-order valence-electron chi connectivity index (χ3n) is 5.03. The van der Waals surface area contributed by atoms with Gasteiger partial charge in [-0.2, -0.15) is 0 Å². The predicted octanol–water partition coefficient (Wildman–Crippen LogP) is 5.93. The number of thiophene rings is 1. The summed E-state index contributed by atoms with van der Waals surface area (Å²) in [5, 5.41) is 2.86. The second-order valence-electron chi connectivity index (χ2n) is 6.86. The lowest BCUT2D eigenvalue weighted by Crippen LogP contribution is -2.44. The fourth-order valence-corrected chi connectivity index (χ4v) is 5.42. The van der Waals surface area contributed by atoms with E-state index in [1.165, 1.54) is 31.0 Å². The maximum absolute atomic E-state index is 13.2. The summed E-state index contributed by atoms with van der Waals surface area (Å²) in [4.78, 5) is 21.9. The molecular formula is C21H22N2OS2. The first-order valence-electron chi connectivity index (χ1n) is 9.13. The van der Waals surface area contributed by atoms with E-state index in [1.54, 1.807) is 11.3 Å². The predicted molar refractivity (Wildman–Crippen MR) is 112 cm³/mol. The molecule has 2 aliphatic rings. The van der Waals surface area contributed by atoms with Crippen molar-refractivity contribution < 1.29 is 4.79 Å². The van der Waals surface area contributed by atoms with Gasteiger partial charge in [-0.3, -0.25) is 9.69 Å². The zero-order valence-electron chi connectivity index (χ0n) is 14.8. The van der Waals surface area contributed by atoms with Gasteiger partial charge in [0.25, 0.3) is 5.91 Å². The van der Waals surface area contributed by atoms with Crippen molar-refractivity contribution >= 4 is 45.9 Å². The van der Waals surface area contributed by atoms with Crippen LogP contribution in [0, 0.1) is 5.92 Å². The smallest absolute Gasteiger partial charge is 0.267 e. The van der Waals surface area contributed by atoms with Gasteiger partial charge < -0.3 is 0 Å². The molecule has 134 valence electrons. The number of para-hydroxylation sites is 1. The summed E-state index contributed by atoms with van der Waals surface area (Å²) in [7, 11) is 0. The Balaban J connectivity index is 1.71. The maximum Gasteiger partial charge on any atom is 0.267 e. The molecule has 3 nitrogen and oxygen atoms in total. The van der Waals surface area contributed by atoms with Crippen LogP contribution in [0.4, 0.5) is 5.69 Å². The van der Waals surface area contributed by atoms with Crippen molar-refractivity contribution in [2.45, 2.75) is 38.6 Å². The summed E-state index contributed by atoms with van der Waals surface area (Å²) in [5.41, 5.74) is 0.897. The Hall–Kier alpha value is -1.85. The lowest BCUT2D eigenvalue weighted by molar-refractivity contribution is -0.124. The molecule has 2 heterocycles. The summed E-state index contributed by atoms with van der Waals surface area (Å²) in [6.45, 7) is 2.27. The van der Waals surface area contributed by atoms with Crippen molar-refractivity contribution in [2.75, 3.05) is 0 Å². The van der Waals surface area contributed by atoms with Crippen molar-refractivity contribution in [1.29, 1.82) is 0 Å². The van der Waals surface area contributed by atoms with Crippen molar-refractivity contribution in [1.82, 2.24) is 4.90 Å². The molecule has 0 N–H and O–H groups in total. The lowest BCUT2D eigenvalue weighted by Gasteiger charge is -2.35. The number of benzene rings is 1. The molecule has 0 bridgehead atoms. The topological polar surface area (TPSA) is 32.7 Å². The van der Waals surface area contributed by atoms with Gasteiger partial charge in [0.1, 0.15) is 0 Å². The van der Waals surface area contributed by atoms with Gasteiger partial charge in [-0.1, -0.05) is 44.0 Å². The minimum Gasteiger partial charge on any atom is -0.283 e. The maximum atomic E-state index is 13.2. The molecule has 2 atom stereocenters. The van der Waals surface area contributed by atoms with E-state index in [9.17, 15) is 4.79 Å². The van der Waals surface area contributed by atoms with Gasteiger partial charge in [0, 0.05) is 10.9 Å². The summed E-state index contributed by atoms with van der Waals surface area (Å²) in [6, 6.07) is 14.2. The molecule has 4 rings (SSSR count). The highest BCUT2D eigenvalue weighted by Gasteiger charge is 2.41. The molecule has 1 saturated carbocycles. The zero-order valence-corrected chi connectivity index (χ0v) is 16.4. The van der Waals surface area contributed by atoms with E-state index in [0.717, 1.165) is 27.1 Å². The number of aliphatic imine (C=N–C) groups is 1. The molecule has 0 spiro atoms. The van der Waals surface area contributed by atoms with Gasteiger partial charge in [-0.15, -0.1) is 11.3 Å². The van der Waals surface area contributed by atoms with Crippen LogP contribution in [0.5, 0.6) is 0 Å². The highest BCUT2D eigenvalue weighted by atomic mass is 32.2. The van der Waals surface area contributed by atoms with Crippen LogP contribution in [0.2, 0.25) is 0 Å². The summed E-state index contributed by atoms with van der Waals surface area (Å²) in [6.07, 6.45) is 6.70. The number of hydrogen-bond acceptors (Lipinski definition) is 4. The van der Waals surface area contributed by atoms with E-state index < -0.39 is 0 Å². The lowest BCUT2D eigenvalue weighted by atomic mass is 9.85. The van der Waals surface area contributed by atoms with Crippen LogP contribution in [0.25, 0.3) is 6.08 Å². The van der Waals surface area contributed by atoms with Gasteiger partial charge >= 0.3 is 0 Å². The molecule has 1 amide bonds. The molecule has 1 aromatic heterocycles. The van der Waals surface area contributed by atoms with Crippen LogP contribution in [0.1, 0.15) is 37.5 Å². The first-order chi connectivity index (χ1) is 12.7. The Morgan fingerprint density at radius 1 is 1.12 bits per heavy atom. The molecular weight excluding hydrogens is 360 g/mol. The van der Waals surface area contributed by atoms with E-state index in [0.29, 0.717) is 5.92 Å². The average molecular weight is 383 g/mol. The molecule has 1 aromatic carbocycles. The van der Waals surface area contributed by atoms with Crippen LogP contribution in [-0.2, 0) is 4.79 Å². The second kappa shape index (κ2) is 7.80. The number of thioether (sulfide) groups is 1. The van der Waals surface area contributed by atoms with E-state index in [1.807, 2.05) is 58.8 Å². The standard InChI is InChI=1S/C21H22N2OS2/c1-15-8-5-6-12-18(15)23-20(24)19(14-17-11-7-13-25-17)26-21(23)22-16-9-3-2-4-10-16/h2-4,7,9-11,13-15,18H,5-6,8,12H2,1H3/b19-14-,22-21?/t15-,18-/m0/s1. The highest BCUT2D eigenvalue weighted by molar-refractivity contribution is 8.18. The average Bonchev–Trinajstić information content (AvgIpc) is 3.26. The third-order valence-corrected chi connectivity index (χ3v) is 6.83. The van der Waals surface area contributed by atoms with E-state index in [4.69, 9.17) is 4.99 Å². The Kier molecular flexibility index (Phi) is 5.27. The molecule has 1 aliphatic carbocycles. The van der Waals surface area contributed by atoms with Crippen molar-refractivity contribution in [3.8, 4) is 0 Å². The van der Waals surface area contributed by atoms with Crippen molar-refractivity contribution in [2.24, 2.45) is 10.9 Å². The second-order valence-corrected chi connectivity index (χ2v) is 8.85. The number of rotatable bonds is 3. The Morgan fingerprint density at radius 3 is 2.65 bits per heavy atom. The molecule has 0 unspecified atom stereocenters. The van der Waals surface area contributed by atoms with Crippen molar-refractivity contribution in [3.63, 3.8) is 0 Å². The van der Waals surface area contributed by atoms with Crippen LogP contribution < -0.4 is 0 Å². The summed E-state index contributed by atoms with van der Waals surface area (Å²) >= 11 is 3.16. The number of nitrogens with zero attached hydrogens (tertiary/aromatic N) is 2. The van der Waals surface area contributed by atoms with E-state index >= 15 is 0 Å². The quantitative estimate of drug-likeness (QED) is 0.616. The largest absolute Gasteiger partial charge is 0.283 e. The van der Waals surface area contributed by atoms with Gasteiger partial charge in [0.05, 0.1) is 10.6 Å². The van der Waals surface area contributed by atoms with Crippen LogP contribution >= 0.6 is 23.1 Å². The Morgan fingerprint density at radius 2 is 1.92 bits per heavy atom. The third kappa shape index (κ3) is 3.64. The van der Waals surface area contributed by atoms with Crippen LogP contribution in [0.15, 0.2) is 57.7 Å². The zero-order chi connectivity index (χ0) is 17.9. The normalized spacial score (nSPS) is 26.8. The van der Waals surface area contributed by atoms with Crippen molar-refractivity contribution in [3.05, 3.63) is 57.6 Å². The molecule has 1 saturated heterocycles. The van der Waals surface area contributed by atoms with Gasteiger partial charge in [-0.05, 0) is 60.2 Å². The first kappa shape index (κ1) is 17.6. The molecule has 0 radical (unpaired) electrons. The fraction of sp³-hybridized carbons (Fsp3) is 0.333. The van der Waals surface area contributed by atoms with Crippen LogP contribution in [0.3, 0.4) is 0 Å². The van der Waals surface area contributed by atoms with Gasteiger partial charge in [0.2, 0.25) is 0 Å². The number of carbonyl (C=O) groups excluding carboxylic acids is 1. The SMILES string of the molecule is C[C@H]1CCCC[C@@H]1N1C(=O)/C(=C/c2cccs2)SC1=Nc1ccccc1. The molecule has 1 aliphatic heterocycles. The molecule has 26 heavy (non-hydrogen) atoms. The molecule has 2 aromatic rings. The first-order valence-corrected chi connectivity index (χ1v) is 10.8. The molecule has 2 fully saturated rings. The number of hydrogen-bond donors (Lipinski definition) is 0. The van der Waals surface area contributed by atoms with Crippen LogP contribution in [-0.4, -0.2) is 22.0 Å². The summed E-state index contributed by atoms with van der Waals surface area (Å²) in [5.74, 6) is 0.618. The number of amides is 1. The van der Waals surface area contributed by atoms with Gasteiger partial charge in [-0.25, -0.2) is 4.99 Å². The minimum atomic E-state index is 0.108. The Labute approximate surface area is 162 Å². The monoisotopic (exact) mass is 382 g/mol. The minimum absolute atomic E-state index is 0.108. The fourth-order valence-electron chi connectivity index (χ4n) is 3.65. The highest BCUT2D eigenvalue weighted by Crippen LogP contribution is 2.40. The van der Waals surface area contributed by atoms with Gasteiger partial charge in [0.15, 0.2) is 5.17 Å². The Bertz CT molecular complexity index is 827.